The third kappa shape index (κ3) is 3.21. The number of hydrogen-bond donors (Lipinski definition) is 0. The summed E-state index contributed by atoms with van der Waals surface area (Å²) in [7, 11) is 1.75. The summed E-state index contributed by atoms with van der Waals surface area (Å²) < 4.78 is 12.6. The number of aryl methyl sites for hydroxylation is 2. The van der Waals surface area contributed by atoms with Gasteiger partial charge in [-0.05, 0) is 46.2 Å². The largest absolute Gasteiger partial charge is 0.484 e. The first kappa shape index (κ1) is 16.1. The Balaban J connectivity index is 1.59. The molecule has 0 saturated heterocycles. The van der Waals surface area contributed by atoms with Gasteiger partial charge in [-0.3, -0.25) is 4.79 Å². The van der Waals surface area contributed by atoms with E-state index in [0.717, 1.165) is 27.6 Å². The maximum atomic E-state index is 11.6. The molecule has 0 fully saturated rings. The summed E-state index contributed by atoms with van der Waals surface area (Å²) in [6.45, 7) is 1.98. The van der Waals surface area contributed by atoms with Crippen LogP contribution in [0.4, 0.5) is 0 Å². The second-order valence-corrected chi connectivity index (χ2v) is 6.09. The Morgan fingerprint density at radius 1 is 1.00 bits per heavy atom. The van der Waals surface area contributed by atoms with E-state index in [9.17, 15) is 4.79 Å². The SMILES string of the molecule is Cc1nnc(COc2ccc3cc(-c4ccc(=O)n(C)c4)ccc3c2)o1. The average Bonchev–Trinajstić information content (AvgIpc) is 3.07. The Hall–Kier alpha value is -3.41. The van der Waals surface area contributed by atoms with Crippen LogP contribution < -0.4 is 10.3 Å². The van der Waals surface area contributed by atoms with Crippen LogP contribution in [0.1, 0.15) is 11.8 Å². The molecule has 2 aromatic carbocycles. The van der Waals surface area contributed by atoms with Gasteiger partial charge >= 0.3 is 0 Å². The van der Waals surface area contributed by atoms with E-state index in [1.807, 2.05) is 42.6 Å². The second kappa shape index (κ2) is 6.48. The second-order valence-electron chi connectivity index (χ2n) is 6.09. The molecular formula is C20H17N3O3. The summed E-state index contributed by atoms with van der Waals surface area (Å²) in [5.41, 5.74) is 2.04. The lowest BCUT2D eigenvalue weighted by molar-refractivity contribution is 0.260. The minimum atomic E-state index is -0.0206. The highest BCUT2D eigenvalue weighted by Crippen LogP contribution is 2.27. The van der Waals surface area contributed by atoms with Crippen molar-refractivity contribution < 1.29 is 9.15 Å². The topological polar surface area (TPSA) is 70.2 Å². The van der Waals surface area contributed by atoms with Crippen molar-refractivity contribution in [2.24, 2.45) is 7.05 Å². The van der Waals surface area contributed by atoms with E-state index < -0.39 is 0 Å². The minimum absolute atomic E-state index is 0.0206. The van der Waals surface area contributed by atoms with Gasteiger partial charge in [0.2, 0.25) is 11.4 Å². The number of rotatable bonds is 4. The highest BCUT2D eigenvalue weighted by molar-refractivity contribution is 5.88. The average molecular weight is 347 g/mol. The predicted octanol–water partition coefficient (Wildman–Crippen LogP) is 3.48. The summed E-state index contributed by atoms with van der Waals surface area (Å²) in [4.78, 5) is 11.6. The lowest BCUT2D eigenvalue weighted by Crippen LogP contribution is -2.13. The van der Waals surface area contributed by atoms with E-state index in [4.69, 9.17) is 9.15 Å². The van der Waals surface area contributed by atoms with Crippen LogP contribution in [0.15, 0.2) is 63.9 Å². The molecule has 0 saturated carbocycles. The molecule has 0 amide bonds. The van der Waals surface area contributed by atoms with E-state index >= 15 is 0 Å². The molecule has 0 N–H and O–H groups in total. The van der Waals surface area contributed by atoms with Crippen LogP contribution in [-0.4, -0.2) is 14.8 Å². The van der Waals surface area contributed by atoms with Crippen molar-refractivity contribution in [3.05, 3.63) is 76.9 Å². The zero-order valence-electron chi connectivity index (χ0n) is 14.5. The first-order valence-corrected chi connectivity index (χ1v) is 8.21. The zero-order valence-corrected chi connectivity index (χ0v) is 14.5. The van der Waals surface area contributed by atoms with E-state index in [1.165, 1.54) is 0 Å². The Labute approximate surface area is 149 Å². The molecule has 0 aliphatic rings. The Morgan fingerprint density at radius 3 is 2.54 bits per heavy atom. The first-order valence-electron chi connectivity index (χ1n) is 8.21. The number of nitrogens with zero attached hydrogens (tertiary/aromatic N) is 3. The highest BCUT2D eigenvalue weighted by Gasteiger charge is 2.05. The van der Waals surface area contributed by atoms with Gasteiger partial charge < -0.3 is 13.7 Å². The van der Waals surface area contributed by atoms with Crippen LogP contribution in [0.25, 0.3) is 21.9 Å². The molecule has 26 heavy (non-hydrogen) atoms. The number of aromatic nitrogens is 3. The van der Waals surface area contributed by atoms with Crippen molar-refractivity contribution in [3.63, 3.8) is 0 Å². The minimum Gasteiger partial charge on any atom is -0.484 e. The molecule has 0 atom stereocenters. The van der Waals surface area contributed by atoms with E-state index in [1.54, 1.807) is 24.6 Å². The summed E-state index contributed by atoms with van der Waals surface area (Å²) in [5.74, 6) is 1.71. The third-order valence-corrected chi connectivity index (χ3v) is 4.16. The van der Waals surface area contributed by atoms with E-state index in [2.05, 4.69) is 16.3 Å². The third-order valence-electron chi connectivity index (χ3n) is 4.16. The van der Waals surface area contributed by atoms with Gasteiger partial charge in [0.25, 0.3) is 5.89 Å². The normalized spacial score (nSPS) is 11.0. The monoisotopic (exact) mass is 347 g/mol. The van der Waals surface area contributed by atoms with Crippen molar-refractivity contribution in [2.75, 3.05) is 0 Å². The van der Waals surface area contributed by atoms with Gasteiger partial charge in [-0.1, -0.05) is 18.2 Å². The molecule has 0 bridgehead atoms. The van der Waals surface area contributed by atoms with Crippen LogP contribution in [0, 0.1) is 6.92 Å². The van der Waals surface area contributed by atoms with Gasteiger partial charge in [0.1, 0.15) is 5.75 Å². The molecule has 0 aliphatic heterocycles. The van der Waals surface area contributed by atoms with Crippen LogP contribution in [0.2, 0.25) is 0 Å². The number of fused-ring (bicyclic) bond motifs is 1. The van der Waals surface area contributed by atoms with Crippen LogP contribution in [-0.2, 0) is 13.7 Å². The van der Waals surface area contributed by atoms with Gasteiger partial charge in [0.05, 0.1) is 0 Å². The summed E-state index contributed by atoms with van der Waals surface area (Å²) in [6.07, 6.45) is 1.84. The van der Waals surface area contributed by atoms with Crippen molar-refractivity contribution in [1.82, 2.24) is 14.8 Å². The Morgan fingerprint density at radius 2 is 1.77 bits per heavy atom. The number of ether oxygens (including phenoxy) is 1. The molecule has 2 aromatic heterocycles. The standard InChI is InChI=1S/C20H17N3O3/c1-13-21-22-19(26-13)12-25-18-7-5-14-9-15(3-4-16(14)10-18)17-6-8-20(24)23(2)11-17/h3-11H,12H2,1-2H3. The van der Waals surface area contributed by atoms with Crippen LogP contribution >= 0.6 is 0 Å². The predicted molar refractivity (Wildman–Crippen MR) is 98.0 cm³/mol. The van der Waals surface area contributed by atoms with Gasteiger partial charge in [0, 0.05) is 26.2 Å². The number of pyridine rings is 1. The quantitative estimate of drug-likeness (QED) is 0.565. The molecule has 6 heteroatoms. The maximum Gasteiger partial charge on any atom is 0.253 e. The van der Waals surface area contributed by atoms with Crippen molar-refractivity contribution >= 4 is 10.8 Å². The fourth-order valence-corrected chi connectivity index (χ4v) is 2.80. The van der Waals surface area contributed by atoms with Crippen molar-refractivity contribution in [1.29, 1.82) is 0 Å². The molecule has 4 aromatic rings. The van der Waals surface area contributed by atoms with Gasteiger partial charge in [-0.15, -0.1) is 10.2 Å². The highest BCUT2D eigenvalue weighted by atomic mass is 16.5. The van der Waals surface area contributed by atoms with Crippen molar-refractivity contribution in [3.8, 4) is 16.9 Å². The Kier molecular flexibility index (Phi) is 4.01. The molecule has 130 valence electrons. The molecule has 0 unspecified atom stereocenters. The molecule has 4 rings (SSSR count). The summed E-state index contributed by atoms with van der Waals surface area (Å²) in [5, 5.41) is 9.86. The fraction of sp³-hybridized carbons (Fsp3) is 0.150. The Bertz CT molecular complexity index is 1140. The van der Waals surface area contributed by atoms with Gasteiger partial charge in [-0.25, -0.2) is 0 Å². The summed E-state index contributed by atoms with van der Waals surface area (Å²) >= 11 is 0. The molecule has 0 radical (unpaired) electrons. The summed E-state index contributed by atoms with van der Waals surface area (Å²) in [6, 6.07) is 15.5. The van der Waals surface area contributed by atoms with Crippen LogP contribution in [0.5, 0.6) is 5.75 Å². The maximum absolute atomic E-state index is 11.6. The smallest absolute Gasteiger partial charge is 0.253 e. The van der Waals surface area contributed by atoms with Crippen molar-refractivity contribution in [2.45, 2.75) is 13.5 Å². The fourth-order valence-electron chi connectivity index (χ4n) is 2.80. The van der Waals surface area contributed by atoms with Crippen LogP contribution in [0.3, 0.4) is 0 Å². The van der Waals surface area contributed by atoms with Gasteiger partial charge in [0.15, 0.2) is 6.61 Å². The van der Waals surface area contributed by atoms with Gasteiger partial charge in [-0.2, -0.15) is 0 Å². The first-order chi connectivity index (χ1) is 12.6. The molecule has 0 spiro atoms. The lowest BCUT2D eigenvalue weighted by Gasteiger charge is -2.08. The molecular weight excluding hydrogens is 330 g/mol. The van der Waals surface area contributed by atoms with E-state index in [-0.39, 0.29) is 12.2 Å². The number of benzene rings is 2. The molecule has 6 nitrogen and oxygen atoms in total. The zero-order chi connectivity index (χ0) is 18.1. The molecule has 2 heterocycles. The molecule has 0 aliphatic carbocycles. The number of hydrogen-bond acceptors (Lipinski definition) is 5. The lowest BCUT2D eigenvalue weighted by atomic mass is 10.0. The van der Waals surface area contributed by atoms with E-state index in [0.29, 0.717) is 11.8 Å².